The number of fused-ring (bicyclic) bond motifs is 1. The molecule has 17 heavy (non-hydrogen) atoms. The van der Waals surface area contributed by atoms with E-state index < -0.39 is 0 Å². The molecule has 92 valence electrons. The molecule has 0 spiro atoms. The fraction of sp³-hybridized carbons (Fsp3) is 0.462. The van der Waals surface area contributed by atoms with Crippen LogP contribution in [0.3, 0.4) is 0 Å². The number of rotatable bonds is 5. The summed E-state index contributed by atoms with van der Waals surface area (Å²) in [6.45, 7) is 2.24. The van der Waals surface area contributed by atoms with E-state index in [0.717, 1.165) is 36.6 Å². The summed E-state index contributed by atoms with van der Waals surface area (Å²) in [5.74, 6) is 1.62. The molecule has 1 heterocycles. The zero-order valence-electron chi connectivity index (χ0n) is 10.3. The Balaban J connectivity index is 1.84. The average Bonchev–Trinajstić information content (AvgIpc) is 2.75. The second-order valence-corrected chi connectivity index (χ2v) is 4.30. The van der Waals surface area contributed by atoms with Crippen molar-refractivity contribution >= 4 is 6.21 Å². The third kappa shape index (κ3) is 3.46. The molecule has 0 N–H and O–H groups in total. The van der Waals surface area contributed by atoms with Gasteiger partial charge in [-0.2, -0.15) is 0 Å². The van der Waals surface area contributed by atoms with Crippen LogP contribution in [0.2, 0.25) is 0 Å². The van der Waals surface area contributed by atoms with Gasteiger partial charge in [0, 0.05) is 12.8 Å². The van der Waals surface area contributed by atoms with E-state index in [-0.39, 0.29) is 0 Å². The van der Waals surface area contributed by atoms with Gasteiger partial charge in [-0.3, -0.25) is 4.99 Å². The molecule has 0 saturated carbocycles. The van der Waals surface area contributed by atoms with E-state index >= 15 is 0 Å². The summed E-state index contributed by atoms with van der Waals surface area (Å²) in [6, 6.07) is 5.87. The molecule has 0 atom stereocenters. The van der Waals surface area contributed by atoms with Gasteiger partial charge in [0.2, 0.25) is 6.79 Å². The molecule has 1 aromatic rings. The monoisotopic (exact) mass is 234 g/mol. The van der Waals surface area contributed by atoms with Crippen molar-refractivity contribution in [3.8, 4) is 11.5 Å². The number of ether oxygens (including phenoxy) is 2. The fourth-order valence-electron chi connectivity index (χ4n) is 1.64. The largest absolute Gasteiger partial charge is 0.454 e. The molecule has 1 aromatic carbocycles. The van der Waals surface area contributed by atoms with Crippen LogP contribution < -0.4 is 9.47 Å². The Morgan fingerprint density at radius 3 is 2.94 bits per heavy atom. The van der Waals surface area contributed by atoms with Crippen LogP contribution in [-0.2, 0) is 0 Å². The molecule has 0 bridgehead atoms. The average molecular weight is 234 g/mol. The predicted octanol–water partition coefficient (Wildman–Crippen LogP) is 1.79. The van der Waals surface area contributed by atoms with Crippen LogP contribution in [0.25, 0.3) is 0 Å². The second-order valence-electron chi connectivity index (χ2n) is 4.30. The van der Waals surface area contributed by atoms with Crippen molar-refractivity contribution in [2.24, 2.45) is 4.99 Å². The molecule has 0 fully saturated rings. The first kappa shape index (κ1) is 11.9. The number of hydrogen-bond acceptors (Lipinski definition) is 4. The quantitative estimate of drug-likeness (QED) is 0.575. The van der Waals surface area contributed by atoms with Gasteiger partial charge in [0.05, 0.1) is 0 Å². The molecule has 4 nitrogen and oxygen atoms in total. The first-order valence-electron chi connectivity index (χ1n) is 5.80. The van der Waals surface area contributed by atoms with Crippen LogP contribution in [0.4, 0.5) is 0 Å². The highest BCUT2D eigenvalue weighted by molar-refractivity contribution is 5.81. The molecule has 2 rings (SSSR count). The third-order valence-corrected chi connectivity index (χ3v) is 2.53. The first-order valence-corrected chi connectivity index (χ1v) is 5.80. The van der Waals surface area contributed by atoms with E-state index in [1.54, 1.807) is 0 Å². The number of aliphatic imine (C=N–C) groups is 1. The highest BCUT2D eigenvalue weighted by Crippen LogP contribution is 2.31. The zero-order chi connectivity index (χ0) is 12.1. The van der Waals surface area contributed by atoms with E-state index in [1.165, 1.54) is 0 Å². The predicted molar refractivity (Wildman–Crippen MR) is 68.2 cm³/mol. The fourth-order valence-corrected chi connectivity index (χ4v) is 1.64. The summed E-state index contributed by atoms with van der Waals surface area (Å²) in [5.41, 5.74) is 1.05. The highest BCUT2D eigenvalue weighted by atomic mass is 16.7. The van der Waals surface area contributed by atoms with Crippen LogP contribution in [0, 0.1) is 0 Å². The molecular weight excluding hydrogens is 216 g/mol. The molecule has 0 aromatic heterocycles. The van der Waals surface area contributed by atoms with Gasteiger partial charge in [-0.05, 0) is 50.8 Å². The van der Waals surface area contributed by atoms with Crippen LogP contribution in [-0.4, -0.2) is 45.1 Å². The van der Waals surface area contributed by atoms with E-state index in [2.05, 4.69) is 24.0 Å². The summed E-state index contributed by atoms with van der Waals surface area (Å²) in [5, 5.41) is 0. The topological polar surface area (TPSA) is 34.1 Å². The van der Waals surface area contributed by atoms with Gasteiger partial charge in [-0.25, -0.2) is 0 Å². The van der Waals surface area contributed by atoms with Gasteiger partial charge >= 0.3 is 0 Å². The smallest absolute Gasteiger partial charge is 0.231 e. The van der Waals surface area contributed by atoms with Crippen LogP contribution in [0.1, 0.15) is 12.0 Å². The van der Waals surface area contributed by atoms with Crippen LogP contribution in [0.5, 0.6) is 11.5 Å². The summed E-state index contributed by atoms with van der Waals surface area (Å²) in [6.07, 6.45) is 2.96. The maximum absolute atomic E-state index is 5.31. The SMILES string of the molecule is CN(C)CCCN=Cc1ccc2c(c1)OCO2. The van der Waals surface area contributed by atoms with Gasteiger partial charge in [0.1, 0.15) is 0 Å². The van der Waals surface area contributed by atoms with Crippen molar-refractivity contribution in [1.29, 1.82) is 0 Å². The Kier molecular flexibility index (Phi) is 3.98. The number of hydrogen-bond donors (Lipinski definition) is 0. The lowest BCUT2D eigenvalue weighted by Crippen LogP contribution is -2.13. The molecule has 0 radical (unpaired) electrons. The van der Waals surface area contributed by atoms with E-state index in [9.17, 15) is 0 Å². The maximum Gasteiger partial charge on any atom is 0.231 e. The maximum atomic E-state index is 5.31. The second kappa shape index (κ2) is 5.68. The lowest BCUT2D eigenvalue weighted by atomic mass is 10.2. The minimum absolute atomic E-state index is 0.318. The van der Waals surface area contributed by atoms with Crippen molar-refractivity contribution < 1.29 is 9.47 Å². The highest BCUT2D eigenvalue weighted by Gasteiger charge is 2.12. The van der Waals surface area contributed by atoms with Gasteiger partial charge in [0.25, 0.3) is 0 Å². The van der Waals surface area contributed by atoms with E-state index in [0.29, 0.717) is 6.79 Å². The standard InChI is InChI=1S/C13H18N2O2/c1-15(2)7-3-6-14-9-11-4-5-12-13(8-11)17-10-16-12/h4-5,8-9H,3,6-7,10H2,1-2H3. The lowest BCUT2D eigenvalue weighted by molar-refractivity contribution is 0.174. The molecule has 0 unspecified atom stereocenters. The normalized spacial score (nSPS) is 13.8. The van der Waals surface area contributed by atoms with Crippen molar-refractivity contribution in [3.63, 3.8) is 0 Å². The van der Waals surface area contributed by atoms with Crippen molar-refractivity contribution in [1.82, 2.24) is 4.90 Å². The Morgan fingerprint density at radius 1 is 1.29 bits per heavy atom. The van der Waals surface area contributed by atoms with Gasteiger partial charge in [0.15, 0.2) is 11.5 Å². The van der Waals surface area contributed by atoms with E-state index in [4.69, 9.17) is 9.47 Å². The zero-order valence-corrected chi connectivity index (χ0v) is 10.3. The van der Waals surface area contributed by atoms with Gasteiger partial charge < -0.3 is 14.4 Å². The van der Waals surface area contributed by atoms with Gasteiger partial charge in [-0.1, -0.05) is 0 Å². The van der Waals surface area contributed by atoms with E-state index in [1.807, 2.05) is 24.4 Å². The van der Waals surface area contributed by atoms with Crippen molar-refractivity contribution in [3.05, 3.63) is 23.8 Å². The summed E-state index contributed by atoms with van der Waals surface area (Å²) in [7, 11) is 4.14. The lowest BCUT2D eigenvalue weighted by Gasteiger charge is -2.06. The summed E-state index contributed by atoms with van der Waals surface area (Å²) < 4.78 is 10.6. The number of benzene rings is 1. The summed E-state index contributed by atoms with van der Waals surface area (Å²) in [4.78, 5) is 6.55. The molecule has 0 saturated heterocycles. The Bertz CT molecular complexity index is 402. The summed E-state index contributed by atoms with van der Waals surface area (Å²) >= 11 is 0. The third-order valence-electron chi connectivity index (χ3n) is 2.53. The molecular formula is C13H18N2O2. The van der Waals surface area contributed by atoms with Gasteiger partial charge in [-0.15, -0.1) is 0 Å². The molecule has 0 aliphatic carbocycles. The van der Waals surface area contributed by atoms with Crippen LogP contribution in [0.15, 0.2) is 23.2 Å². The Hall–Kier alpha value is -1.55. The first-order chi connectivity index (χ1) is 8.25. The van der Waals surface area contributed by atoms with Crippen molar-refractivity contribution in [2.45, 2.75) is 6.42 Å². The minimum atomic E-state index is 0.318. The minimum Gasteiger partial charge on any atom is -0.454 e. The molecule has 1 aliphatic rings. The van der Waals surface area contributed by atoms with Crippen LogP contribution >= 0.6 is 0 Å². The Morgan fingerprint density at radius 2 is 2.12 bits per heavy atom. The number of nitrogens with zero attached hydrogens (tertiary/aromatic N) is 2. The molecule has 4 heteroatoms. The van der Waals surface area contributed by atoms with Crippen molar-refractivity contribution in [2.75, 3.05) is 34.0 Å². The molecule has 1 aliphatic heterocycles. The molecule has 0 amide bonds. The Labute approximate surface area is 102 Å².